The standard InChI is InChI=1S/C23H25ClN2O/c24-21-13-17(12-20(14-21)18-6-7-18)16-26-10-8-23(9-11-26)15-22(25-27-23)19-4-2-1-3-5-19/h1-5,12-14,18H,6-11,15-16H2. The molecular formula is C23H25ClN2O. The molecule has 0 atom stereocenters. The first-order valence-corrected chi connectivity index (χ1v) is 10.4. The van der Waals surface area contributed by atoms with Gasteiger partial charge in [0, 0.05) is 43.9 Å². The molecule has 1 saturated carbocycles. The van der Waals surface area contributed by atoms with Gasteiger partial charge in [-0.1, -0.05) is 53.2 Å². The van der Waals surface area contributed by atoms with Crippen LogP contribution in [0.4, 0.5) is 0 Å². The SMILES string of the molecule is Clc1cc(CN2CCC3(CC2)CC(c2ccccc2)=NO3)cc(C2CC2)c1. The predicted octanol–water partition coefficient (Wildman–Crippen LogP) is 5.38. The number of rotatable bonds is 4. The lowest BCUT2D eigenvalue weighted by Crippen LogP contribution is -2.44. The van der Waals surface area contributed by atoms with Crippen LogP contribution < -0.4 is 0 Å². The predicted molar refractivity (Wildman–Crippen MR) is 109 cm³/mol. The van der Waals surface area contributed by atoms with Crippen LogP contribution in [0.2, 0.25) is 5.02 Å². The quantitative estimate of drug-likeness (QED) is 0.711. The Bertz CT molecular complexity index is 852. The number of hydrogen-bond donors (Lipinski definition) is 0. The molecule has 1 spiro atoms. The van der Waals surface area contributed by atoms with E-state index in [1.54, 1.807) is 0 Å². The average Bonchev–Trinajstić information content (AvgIpc) is 3.46. The number of halogens is 1. The van der Waals surface area contributed by atoms with Gasteiger partial charge in [0.15, 0.2) is 0 Å². The van der Waals surface area contributed by atoms with Gasteiger partial charge in [0.05, 0.1) is 5.71 Å². The van der Waals surface area contributed by atoms with E-state index in [0.29, 0.717) is 0 Å². The van der Waals surface area contributed by atoms with Crippen molar-refractivity contribution in [3.05, 3.63) is 70.2 Å². The van der Waals surface area contributed by atoms with Crippen LogP contribution in [0.3, 0.4) is 0 Å². The van der Waals surface area contributed by atoms with Gasteiger partial charge in [-0.2, -0.15) is 0 Å². The highest BCUT2D eigenvalue weighted by molar-refractivity contribution is 6.30. The summed E-state index contributed by atoms with van der Waals surface area (Å²) in [5.74, 6) is 0.743. The number of benzene rings is 2. The third-order valence-corrected chi connectivity index (χ3v) is 6.37. The Labute approximate surface area is 166 Å². The number of oxime groups is 1. The van der Waals surface area contributed by atoms with Crippen LogP contribution in [0, 0.1) is 0 Å². The second-order valence-corrected chi connectivity index (χ2v) is 8.73. The van der Waals surface area contributed by atoms with E-state index in [9.17, 15) is 0 Å². The molecule has 0 radical (unpaired) electrons. The van der Waals surface area contributed by atoms with Crippen molar-refractivity contribution in [2.45, 2.75) is 50.2 Å². The zero-order valence-electron chi connectivity index (χ0n) is 15.5. The number of likely N-dealkylation sites (tertiary alicyclic amines) is 1. The Morgan fingerprint density at radius 1 is 1.07 bits per heavy atom. The van der Waals surface area contributed by atoms with Gasteiger partial charge in [0.1, 0.15) is 5.60 Å². The maximum absolute atomic E-state index is 6.36. The molecule has 0 bridgehead atoms. The zero-order valence-corrected chi connectivity index (χ0v) is 16.3. The molecule has 1 saturated heterocycles. The lowest BCUT2D eigenvalue weighted by atomic mass is 9.85. The fourth-order valence-corrected chi connectivity index (χ4v) is 4.64. The van der Waals surface area contributed by atoms with Gasteiger partial charge in [0.2, 0.25) is 0 Å². The van der Waals surface area contributed by atoms with Gasteiger partial charge < -0.3 is 4.84 Å². The van der Waals surface area contributed by atoms with E-state index < -0.39 is 0 Å². The molecule has 4 heteroatoms. The van der Waals surface area contributed by atoms with Crippen LogP contribution in [0.5, 0.6) is 0 Å². The minimum Gasteiger partial charge on any atom is -0.388 e. The molecule has 0 N–H and O–H groups in total. The summed E-state index contributed by atoms with van der Waals surface area (Å²) in [7, 11) is 0. The molecule has 5 rings (SSSR count). The van der Waals surface area contributed by atoms with Crippen molar-refractivity contribution in [2.24, 2.45) is 5.16 Å². The fraction of sp³-hybridized carbons (Fsp3) is 0.435. The molecule has 1 aliphatic carbocycles. The molecule has 2 fully saturated rings. The Morgan fingerprint density at radius 2 is 1.85 bits per heavy atom. The molecule has 0 aromatic heterocycles. The molecule has 0 unspecified atom stereocenters. The summed E-state index contributed by atoms with van der Waals surface area (Å²) < 4.78 is 0. The molecule has 3 aliphatic rings. The second kappa shape index (κ2) is 6.96. The van der Waals surface area contributed by atoms with Gasteiger partial charge in [-0.15, -0.1) is 0 Å². The Balaban J connectivity index is 1.20. The molecule has 3 nitrogen and oxygen atoms in total. The third-order valence-electron chi connectivity index (χ3n) is 6.15. The summed E-state index contributed by atoms with van der Waals surface area (Å²) in [5.41, 5.74) is 4.94. The summed E-state index contributed by atoms with van der Waals surface area (Å²) in [4.78, 5) is 8.49. The van der Waals surface area contributed by atoms with Crippen molar-refractivity contribution in [1.29, 1.82) is 0 Å². The summed E-state index contributed by atoms with van der Waals surface area (Å²) in [5, 5.41) is 5.30. The van der Waals surface area contributed by atoms with Crippen molar-refractivity contribution in [1.82, 2.24) is 4.90 Å². The molecule has 140 valence electrons. The van der Waals surface area contributed by atoms with E-state index in [2.05, 4.69) is 52.5 Å². The summed E-state index contributed by atoms with van der Waals surface area (Å²) >= 11 is 6.36. The molecule has 27 heavy (non-hydrogen) atoms. The van der Waals surface area contributed by atoms with Gasteiger partial charge in [-0.25, -0.2) is 0 Å². The number of nitrogens with zero attached hydrogens (tertiary/aromatic N) is 2. The van der Waals surface area contributed by atoms with E-state index >= 15 is 0 Å². The van der Waals surface area contributed by atoms with Crippen molar-refractivity contribution in [3.8, 4) is 0 Å². The maximum atomic E-state index is 6.36. The first-order valence-electron chi connectivity index (χ1n) is 10.0. The minimum absolute atomic E-state index is 0.102. The first kappa shape index (κ1) is 17.3. The van der Waals surface area contributed by atoms with Gasteiger partial charge in [-0.05, 0) is 47.6 Å². The Morgan fingerprint density at radius 3 is 2.59 bits per heavy atom. The highest BCUT2D eigenvalue weighted by Crippen LogP contribution is 2.41. The monoisotopic (exact) mass is 380 g/mol. The van der Waals surface area contributed by atoms with E-state index in [-0.39, 0.29) is 5.60 Å². The Kier molecular flexibility index (Phi) is 4.45. The van der Waals surface area contributed by atoms with Crippen molar-refractivity contribution in [3.63, 3.8) is 0 Å². The van der Waals surface area contributed by atoms with E-state index in [4.69, 9.17) is 16.4 Å². The molecule has 2 aromatic rings. The van der Waals surface area contributed by atoms with Crippen LogP contribution in [0.1, 0.15) is 54.7 Å². The minimum atomic E-state index is -0.102. The van der Waals surface area contributed by atoms with E-state index in [0.717, 1.165) is 55.5 Å². The van der Waals surface area contributed by atoms with Crippen molar-refractivity contribution >= 4 is 17.3 Å². The average molecular weight is 381 g/mol. The molecular weight excluding hydrogens is 356 g/mol. The van der Waals surface area contributed by atoms with Crippen LogP contribution in [-0.2, 0) is 11.4 Å². The van der Waals surface area contributed by atoms with Crippen LogP contribution in [0.15, 0.2) is 53.7 Å². The van der Waals surface area contributed by atoms with E-state index in [1.165, 1.54) is 29.5 Å². The lowest BCUT2D eigenvalue weighted by molar-refractivity contribution is -0.0627. The summed E-state index contributed by atoms with van der Waals surface area (Å²) in [6.07, 6.45) is 5.61. The van der Waals surface area contributed by atoms with Gasteiger partial charge >= 0.3 is 0 Å². The summed E-state index contributed by atoms with van der Waals surface area (Å²) in [6, 6.07) is 17.0. The van der Waals surface area contributed by atoms with Crippen LogP contribution in [0.25, 0.3) is 0 Å². The van der Waals surface area contributed by atoms with E-state index in [1.807, 2.05) is 6.07 Å². The van der Waals surface area contributed by atoms with Gasteiger partial charge in [-0.3, -0.25) is 4.90 Å². The largest absolute Gasteiger partial charge is 0.388 e. The normalized spacial score (nSPS) is 21.9. The third kappa shape index (κ3) is 3.76. The maximum Gasteiger partial charge on any atom is 0.145 e. The first-order chi connectivity index (χ1) is 13.2. The topological polar surface area (TPSA) is 24.8 Å². The molecule has 2 aromatic carbocycles. The highest BCUT2D eigenvalue weighted by Gasteiger charge is 2.42. The van der Waals surface area contributed by atoms with Crippen molar-refractivity contribution in [2.75, 3.05) is 13.1 Å². The Hall–Kier alpha value is -1.84. The molecule has 2 heterocycles. The highest BCUT2D eigenvalue weighted by atomic mass is 35.5. The lowest BCUT2D eigenvalue weighted by Gasteiger charge is -2.37. The number of hydrogen-bond acceptors (Lipinski definition) is 3. The fourth-order valence-electron chi connectivity index (χ4n) is 4.37. The van der Waals surface area contributed by atoms with Gasteiger partial charge in [0.25, 0.3) is 0 Å². The molecule has 2 aliphatic heterocycles. The van der Waals surface area contributed by atoms with Crippen LogP contribution in [-0.4, -0.2) is 29.3 Å². The zero-order chi connectivity index (χ0) is 18.3. The second-order valence-electron chi connectivity index (χ2n) is 8.30. The summed E-state index contributed by atoms with van der Waals surface area (Å²) in [6.45, 7) is 3.06. The number of piperidine rings is 1. The van der Waals surface area contributed by atoms with Crippen molar-refractivity contribution < 1.29 is 4.84 Å². The smallest absolute Gasteiger partial charge is 0.145 e. The molecule has 0 amide bonds. The van der Waals surface area contributed by atoms with Crippen LogP contribution >= 0.6 is 11.6 Å².